The summed E-state index contributed by atoms with van der Waals surface area (Å²) in [6.07, 6.45) is 1.48. The normalized spacial score (nSPS) is 11.9. The molecule has 0 saturated carbocycles. The summed E-state index contributed by atoms with van der Waals surface area (Å²) in [4.78, 5) is 4.20. The Bertz CT molecular complexity index is 412. The van der Waals surface area contributed by atoms with E-state index in [1.54, 1.807) is 12.1 Å². The van der Waals surface area contributed by atoms with Crippen molar-refractivity contribution in [2.75, 3.05) is 13.1 Å². The Labute approximate surface area is 119 Å². The minimum absolute atomic E-state index is 0.287. The van der Waals surface area contributed by atoms with Gasteiger partial charge < -0.3 is 11.1 Å². The van der Waals surface area contributed by atoms with E-state index < -0.39 is 0 Å². The van der Waals surface area contributed by atoms with Gasteiger partial charge in [0.15, 0.2) is 5.96 Å². The Hall–Kier alpha value is -1.29. The van der Waals surface area contributed by atoms with Gasteiger partial charge in [-0.1, -0.05) is 31.5 Å². The standard InChI is InChI=1S/C14H21ClFN3/c1-10(2)6-8-18-14(17)19-9-7-11-12(15)4-3-5-13(11)16/h3-5,10H,6-9H2,1-2H3,(H3,17,18,19). The van der Waals surface area contributed by atoms with E-state index in [0.717, 1.165) is 6.42 Å². The highest BCUT2D eigenvalue weighted by Crippen LogP contribution is 2.18. The average Bonchev–Trinajstić information content (AvgIpc) is 2.32. The molecule has 0 bridgehead atoms. The van der Waals surface area contributed by atoms with Crippen molar-refractivity contribution in [2.24, 2.45) is 16.6 Å². The number of aliphatic imine (C=N–C) groups is 1. The van der Waals surface area contributed by atoms with E-state index in [-0.39, 0.29) is 5.82 Å². The fourth-order valence-electron chi connectivity index (χ4n) is 1.59. The predicted molar refractivity (Wildman–Crippen MR) is 79.1 cm³/mol. The molecule has 0 radical (unpaired) electrons. The minimum Gasteiger partial charge on any atom is -0.370 e. The lowest BCUT2D eigenvalue weighted by Crippen LogP contribution is -2.33. The van der Waals surface area contributed by atoms with Crippen LogP contribution in [0.15, 0.2) is 23.2 Å². The predicted octanol–water partition coefficient (Wildman–Crippen LogP) is 2.97. The maximum Gasteiger partial charge on any atom is 0.188 e. The summed E-state index contributed by atoms with van der Waals surface area (Å²) in [5.74, 6) is 0.714. The van der Waals surface area contributed by atoms with Crippen LogP contribution in [0.4, 0.5) is 4.39 Å². The molecule has 3 N–H and O–H groups in total. The second-order valence-electron chi connectivity index (χ2n) is 4.83. The summed E-state index contributed by atoms with van der Waals surface area (Å²) in [6, 6.07) is 4.68. The SMILES string of the molecule is CC(C)CCN=C(N)NCCc1c(F)cccc1Cl. The molecule has 0 aliphatic carbocycles. The first-order chi connectivity index (χ1) is 9.00. The minimum atomic E-state index is -0.287. The zero-order chi connectivity index (χ0) is 14.3. The quantitative estimate of drug-likeness (QED) is 0.624. The van der Waals surface area contributed by atoms with Crippen LogP contribution in [0.3, 0.4) is 0 Å². The van der Waals surface area contributed by atoms with Crippen LogP contribution in [0.1, 0.15) is 25.8 Å². The molecule has 0 heterocycles. The van der Waals surface area contributed by atoms with E-state index in [1.165, 1.54) is 6.07 Å². The first kappa shape index (κ1) is 15.8. The van der Waals surface area contributed by atoms with Crippen LogP contribution in [0.2, 0.25) is 5.02 Å². The molecular weight excluding hydrogens is 265 g/mol. The van der Waals surface area contributed by atoms with Gasteiger partial charge in [0, 0.05) is 23.7 Å². The average molecular weight is 286 g/mol. The first-order valence-corrected chi connectivity index (χ1v) is 6.85. The lowest BCUT2D eigenvalue weighted by Gasteiger charge is -2.08. The summed E-state index contributed by atoms with van der Waals surface area (Å²) in [5, 5.41) is 3.40. The van der Waals surface area contributed by atoms with Gasteiger partial charge >= 0.3 is 0 Å². The number of hydrogen-bond acceptors (Lipinski definition) is 1. The van der Waals surface area contributed by atoms with Gasteiger partial charge in [0.2, 0.25) is 0 Å². The van der Waals surface area contributed by atoms with Crippen LogP contribution in [0, 0.1) is 11.7 Å². The fraction of sp³-hybridized carbons (Fsp3) is 0.500. The molecule has 0 aromatic heterocycles. The second-order valence-corrected chi connectivity index (χ2v) is 5.23. The summed E-state index contributed by atoms with van der Waals surface area (Å²) >= 11 is 5.93. The Morgan fingerprint density at radius 3 is 2.84 bits per heavy atom. The molecule has 0 saturated heterocycles. The van der Waals surface area contributed by atoms with Crippen LogP contribution in [-0.2, 0) is 6.42 Å². The molecule has 0 aliphatic heterocycles. The summed E-state index contributed by atoms with van der Waals surface area (Å²) < 4.78 is 13.5. The highest BCUT2D eigenvalue weighted by atomic mass is 35.5. The summed E-state index contributed by atoms with van der Waals surface area (Å²) in [5.41, 5.74) is 6.22. The largest absolute Gasteiger partial charge is 0.370 e. The van der Waals surface area contributed by atoms with Gasteiger partial charge in [0.1, 0.15) is 5.82 Å². The third-order valence-corrected chi connectivity index (χ3v) is 3.09. The number of guanidine groups is 1. The zero-order valence-corrected chi connectivity index (χ0v) is 12.2. The molecule has 19 heavy (non-hydrogen) atoms. The van der Waals surface area contributed by atoms with E-state index in [0.29, 0.717) is 42.0 Å². The first-order valence-electron chi connectivity index (χ1n) is 6.47. The van der Waals surface area contributed by atoms with Crippen molar-refractivity contribution in [1.29, 1.82) is 0 Å². The summed E-state index contributed by atoms with van der Waals surface area (Å²) in [7, 11) is 0. The van der Waals surface area contributed by atoms with Crippen LogP contribution < -0.4 is 11.1 Å². The van der Waals surface area contributed by atoms with Gasteiger partial charge in [0.25, 0.3) is 0 Å². The molecule has 1 aromatic carbocycles. The van der Waals surface area contributed by atoms with Crippen molar-refractivity contribution in [3.63, 3.8) is 0 Å². The van der Waals surface area contributed by atoms with Gasteiger partial charge in [-0.15, -0.1) is 0 Å². The molecule has 3 nitrogen and oxygen atoms in total. The number of nitrogens with zero attached hydrogens (tertiary/aromatic N) is 1. The van der Waals surface area contributed by atoms with Gasteiger partial charge in [-0.25, -0.2) is 4.39 Å². The van der Waals surface area contributed by atoms with Crippen molar-refractivity contribution in [1.82, 2.24) is 5.32 Å². The van der Waals surface area contributed by atoms with Crippen LogP contribution in [0.25, 0.3) is 0 Å². The molecule has 0 aliphatic rings. The monoisotopic (exact) mass is 285 g/mol. The Morgan fingerprint density at radius 2 is 2.21 bits per heavy atom. The zero-order valence-electron chi connectivity index (χ0n) is 11.4. The topological polar surface area (TPSA) is 50.4 Å². The van der Waals surface area contributed by atoms with Crippen molar-refractivity contribution in [2.45, 2.75) is 26.7 Å². The number of halogens is 2. The number of hydrogen-bond donors (Lipinski definition) is 2. The molecule has 106 valence electrons. The Kier molecular flexibility index (Phi) is 6.64. The Morgan fingerprint density at radius 1 is 1.47 bits per heavy atom. The van der Waals surface area contributed by atoms with Crippen LogP contribution >= 0.6 is 11.6 Å². The van der Waals surface area contributed by atoms with Crippen LogP contribution in [0.5, 0.6) is 0 Å². The van der Waals surface area contributed by atoms with Gasteiger partial charge in [-0.05, 0) is 30.9 Å². The van der Waals surface area contributed by atoms with Gasteiger partial charge in [-0.3, -0.25) is 4.99 Å². The molecular formula is C14H21ClFN3. The maximum atomic E-state index is 13.5. The van der Waals surface area contributed by atoms with E-state index in [1.807, 2.05) is 0 Å². The van der Waals surface area contributed by atoms with Crippen molar-refractivity contribution >= 4 is 17.6 Å². The molecule has 0 fully saturated rings. The van der Waals surface area contributed by atoms with E-state index in [4.69, 9.17) is 17.3 Å². The fourth-order valence-corrected chi connectivity index (χ4v) is 1.84. The second kappa shape index (κ2) is 8.00. The highest BCUT2D eigenvalue weighted by molar-refractivity contribution is 6.31. The van der Waals surface area contributed by atoms with Crippen molar-refractivity contribution < 1.29 is 4.39 Å². The number of benzene rings is 1. The molecule has 0 unspecified atom stereocenters. The molecule has 0 amide bonds. The van der Waals surface area contributed by atoms with Crippen molar-refractivity contribution in [3.8, 4) is 0 Å². The third kappa shape index (κ3) is 5.92. The lowest BCUT2D eigenvalue weighted by molar-refractivity contribution is 0.595. The van der Waals surface area contributed by atoms with Gasteiger partial charge in [-0.2, -0.15) is 0 Å². The van der Waals surface area contributed by atoms with Crippen LogP contribution in [-0.4, -0.2) is 19.0 Å². The number of nitrogens with two attached hydrogens (primary N) is 1. The smallest absolute Gasteiger partial charge is 0.188 e. The molecule has 5 heteroatoms. The maximum absolute atomic E-state index is 13.5. The molecule has 0 spiro atoms. The van der Waals surface area contributed by atoms with Crippen molar-refractivity contribution in [3.05, 3.63) is 34.6 Å². The molecule has 0 atom stereocenters. The third-order valence-electron chi connectivity index (χ3n) is 2.73. The molecule has 1 aromatic rings. The Balaban J connectivity index is 2.37. The van der Waals surface area contributed by atoms with E-state index >= 15 is 0 Å². The lowest BCUT2D eigenvalue weighted by atomic mass is 10.1. The van der Waals surface area contributed by atoms with E-state index in [2.05, 4.69) is 24.2 Å². The highest BCUT2D eigenvalue weighted by Gasteiger charge is 2.06. The number of rotatable bonds is 6. The van der Waals surface area contributed by atoms with Gasteiger partial charge in [0.05, 0.1) is 0 Å². The number of nitrogens with one attached hydrogen (secondary N) is 1. The van der Waals surface area contributed by atoms with E-state index in [9.17, 15) is 4.39 Å². The molecule has 1 rings (SSSR count). The summed E-state index contributed by atoms with van der Waals surface area (Å²) in [6.45, 7) is 5.49.